The molecule has 0 bridgehead atoms. The number of hydrogen-bond acceptors (Lipinski definition) is 5. The molecule has 0 radical (unpaired) electrons. The van der Waals surface area contributed by atoms with Crippen molar-refractivity contribution in [2.45, 2.75) is 40.2 Å². The summed E-state index contributed by atoms with van der Waals surface area (Å²) in [6, 6.07) is 12.8. The molecule has 0 saturated carbocycles. The summed E-state index contributed by atoms with van der Waals surface area (Å²) in [7, 11) is 1.59. The van der Waals surface area contributed by atoms with Gasteiger partial charge in [-0.15, -0.1) is 0 Å². The van der Waals surface area contributed by atoms with Crippen molar-refractivity contribution in [1.29, 1.82) is 0 Å². The number of benzene rings is 2. The summed E-state index contributed by atoms with van der Waals surface area (Å²) in [6.07, 6.45) is 1.72. The van der Waals surface area contributed by atoms with Crippen LogP contribution in [0.5, 0.6) is 5.75 Å². The minimum absolute atomic E-state index is 0.175. The van der Waals surface area contributed by atoms with E-state index in [0.717, 1.165) is 24.0 Å². The summed E-state index contributed by atoms with van der Waals surface area (Å²) in [5.74, 6) is 0.204. The van der Waals surface area contributed by atoms with E-state index in [4.69, 9.17) is 4.74 Å². The highest BCUT2D eigenvalue weighted by molar-refractivity contribution is 6.06. The number of methoxy groups -OCH3 is 1. The smallest absolute Gasteiger partial charge is 0.292 e. The first-order valence-electron chi connectivity index (χ1n) is 9.95. The third-order valence-corrected chi connectivity index (χ3v) is 4.88. The summed E-state index contributed by atoms with van der Waals surface area (Å²) in [6.45, 7) is 6.27. The van der Waals surface area contributed by atoms with E-state index in [1.54, 1.807) is 38.3 Å². The van der Waals surface area contributed by atoms with Crippen molar-refractivity contribution in [2.24, 2.45) is 5.10 Å². The zero-order chi connectivity index (χ0) is 21.7. The second-order valence-corrected chi connectivity index (χ2v) is 7.12. The molecule has 1 heterocycles. The van der Waals surface area contributed by atoms with E-state index in [-0.39, 0.29) is 11.3 Å². The molecule has 2 aromatic carbocycles. The molecule has 0 atom stereocenters. The molecule has 3 aromatic rings. The maximum absolute atomic E-state index is 12.9. The van der Waals surface area contributed by atoms with Crippen molar-refractivity contribution < 1.29 is 9.53 Å². The Morgan fingerprint density at radius 1 is 1.20 bits per heavy atom. The van der Waals surface area contributed by atoms with Crippen LogP contribution in [0.3, 0.4) is 0 Å². The Hall–Kier alpha value is -3.48. The maximum atomic E-state index is 12.9. The topological polar surface area (TPSA) is 85.6 Å². The lowest BCUT2D eigenvalue weighted by atomic mass is 10.1. The van der Waals surface area contributed by atoms with Crippen LogP contribution in [0.2, 0.25) is 0 Å². The Morgan fingerprint density at radius 2 is 1.93 bits per heavy atom. The van der Waals surface area contributed by atoms with Crippen LogP contribution >= 0.6 is 0 Å². The molecule has 1 aromatic heterocycles. The third kappa shape index (κ3) is 4.40. The Morgan fingerprint density at radius 3 is 2.63 bits per heavy atom. The highest BCUT2D eigenvalue weighted by Crippen LogP contribution is 2.20. The van der Waals surface area contributed by atoms with Gasteiger partial charge in [-0.2, -0.15) is 10.2 Å². The standard InChI is InChI=1S/C23H26N4O3/c1-5-6-13-27-23(29)18-10-8-7-9-17(18)21(26-27)22(28)25-24-16(3)19-14-15(2)11-12-20(19)30-4/h7-12,14H,5-6,13H2,1-4H3,(H,25,28)/b24-16-. The zero-order valence-corrected chi connectivity index (χ0v) is 17.7. The number of amides is 1. The molecule has 1 amide bonds. The maximum Gasteiger partial charge on any atom is 0.292 e. The molecular weight excluding hydrogens is 380 g/mol. The summed E-state index contributed by atoms with van der Waals surface area (Å²) in [5.41, 5.74) is 5.02. The van der Waals surface area contributed by atoms with Crippen molar-refractivity contribution in [3.05, 3.63) is 69.6 Å². The van der Waals surface area contributed by atoms with Gasteiger partial charge < -0.3 is 4.74 Å². The molecule has 0 aliphatic carbocycles. The van der Waals surface area contributed by atoms with Crippen LogP contribution < -0.4 is 15.7 Å². The number of aryl methyl sites for hydroxylation is 2. The van der Waals surface area contributed by atoms with E-state index in [2.05, 4.69) is 15.6 Å². The number of nitrogens with zero attached hydrogens (tertiary/aromatic N) is 3. The summed E-state index contributed by atoms with van der Waals surface area (Å²) in [5, 5.41) is 9.56. The minimum Gasteiger partial charge on any atom is -0.496 e. The van der Waals surface area contributed by atoms with Gasteiger partial charge >= 0.3 is 0 Å². The summed E-state index contributed by atoms with van der Waals surface area (Å²) >= 11 is 0. The minimum atomic E-state index is -0.470. The van der Waals surface area contributed by atoms with E-state index in [1.165, 1.54) is 4.68 Å². The Labute approximate surface area is 175 Å². The molecule has 0 saturated heterocycles. The number of hydrazone groups is 1. The van der Waals surface area contributed by atoms with Crippen molar-refractivity contribution in [3.63, 3.8) is 0 Å². The highest BCUT2D eigenvalue weighted by atomic mass is 16.5. The average Bonchev–Trinajstić information content (AvgIpc) is 2.76. The Kier molecular flexibility index (Phi) is 6.61. The number of ether oxygens (including phenoxy) is 1. The molecule has 0 aliphatic rings. The van der Waals surface area contributed by atoms with Gasteiger partial charge in [0.2, 0.25) is 0 Å². The summed E-state index contributed by atoms with van der Waals surface area (Å²) in [4.78, 5) is 25.6. The molecule has 0 fully saturated rings. The second kappa shape index (κ2) is 9.35. The summed E-state index contributed by atoms with van der Waals surface area (Å²) < 4.78 is 6.76. The normalized spacial score (nSPS) is 11.5. The average molecular weight is 406 g/mol. The Bertz CT molecular complexity index is 1160. The fourth-order valence-electron chi connectivity index (χ4n) is 3.21. The van der Waals surface area contributed by atoms with Crippen LogP contribution in [-0.4, -0.2) is 28.5 Å². The van der Waals surface area contributed by atoms with Gasteiger partial charge in [-0.3, -0.25) is 9.59 Å². The van der Waals surface area contributed by atoms with E-state index in [1.807, 2.05) is 32.0 Å². The fourth-order valence-corrected chi connectivity index (χ4v) is 3.21. The molecule has 0 unspecified atom stereocenters. The van der Waals surface area contributed by atoms with E-state index in [0.29, 0.717) is 28.8 Å². The van der Waals surface area contributed by atoms with Gasteiger partial charge in [0.1, 0.15) is 5.75 Å². The molecule has 0 spiro atoms. The van der Waals surface area contributed by atoms with E-state index >= 15 is 0 Å². The number of unbranched alkanes of at least 4 members (excludes halogenated alkanes) is 1. The van der Waals surface area contributed by atoms with Gasteiger partial charge in [0.15, 0.2) is 5.69 Å². The quantitative estimate of drug-likeness (QED) is 0.479. The van der Waals surface area contributed by atoms with Crippen molar-refractivity contribution >= 4 is 22.4 Å². The van der Waals surface area contributed by atoms with Gasteiger partial charge in [-0.25, -0.2) is 10.1 Å². The van der Waals surface area contributed by atoms with Crippen LogP contribution in [0.25, 0.3) is 10.8 Å². The van der Waals surface area contributed by atoms with Crippen LogP contribution in [0.1, 0.15) is 48.3 Å². The van der Waals surface area contributed by atoms with Gasteiger partial charge in [0.25, 0.3) is 11.5 Å². The lowest BCUT2D eigenvalue weighted by Crippen LogP contribution is -2.29. The van der Waals surface area contributed by atoms with Crippen LogP contribution in [-0.2, 0) is 6.54 Å². The SMILES string of the molecule is CCCCn1nc(C(=O)N/N=C(/C)c2cc(C)ccc2OC)c2ccccc2c1=O. The monoisotopic (exact) mass is 406 g/mol. The van der Waals surface area contributed by atoms with Gasteiger partial charge in [-0.05, 0) is 38.5 Å². The lowest BCUT2D eigenvalue weighted by molar-refractivity contribution is 0.0949. The molecule has 3 rings (SSSR count). The van der Waals surface area contributed by atoms with Gasteiger partial charge in [0.05, 0.1) is 18.2 Å². The number of hydrogen-bond donors (Lipinski definition) is 1. The van der Waals surface area contributed by atoms with Crippen LogP contribution in [0.4, 0.5) is 0 Å². The lowest BCUT2D eigenvalue weighted by Gasteiger charge is -2.11. The number of carbonyl (C=O) groups is 1. The predicted molar refractivity (Wildman–Crippen MR) is 118 cm³/mol. The van der Waals surface area contributed by atoms with E-state index < -0.39 is 5.91 Å². The third-order valence-electron chi connectivity index (χ3n) is 4.88. The number of carbonyl (C=O) groups excluding carboxylic acids is 1. The first-order chi connectivity index (χ1) is 14.5. The first-order valence-corrected chi connectivity index (χ1v) is 9.95. The molecule has 7 nitrogen and oxygen atoms in total. The number of nitrogens with one attached hydrogen (secondary N) is 1. The van der Waals surface area contributed by atoms with Crippen LogP contribution in [0, 0.1) is 6.92 Å². The first kappa shape index (κ1) is 21.2. The van der Waals surface area contributed by atoms with Crippen molar-refractivity contribution in [1.82, 2.24) is 15.2 Å². The zero-order valence-electron chi connectivity index (χ0n) is 17.7. The molecule has 30 heavy (non-hydrogen) atoms. The largest absolute Gasteiger partial charge is 0.496 e. The highest BCUT2D eigenvalue weighted by Gasteiger charge is 2.17. The molecule has 156 valence electrons. The Balaban J connectivity index is 1.97. The second-order valence-electron chi connectivity index (χ2n) is 7.12. The fraction of sp³-hybridized carbons (Fsp3) is 0.304. The van der Waals surface area contributed by atoms with Gasteiger partial charge in [0, 0.05) is 17.5 Å². The number of aromatic nitrogens is 2. The molecule has 7 heteroatoms. The number of rotatable bonds is 7. The van der Waals surface area contributed by atoms with Crippen molar-refractivity contribution in [3.8, 4) is 5.75 Å². The van der Waals surface area contributed by atoms with E-state index in [9.17, 15) is 9.59 Å². The molecule has 0 aliphatic heterocycles. The van der Waals surface area contributed by atoms with Gasteiger partial charge in [-0.1, -0.05) is 43.2 Å². The molecular formula is C23H26N4O3. The predicted octanol–water partition coefficient (Wildman–Crippen LogP) is 3.67. The van der Waals surface area contributed by atoms with Crippen molar-refractivity contribution in [2.75, 3.05) is 7.11 Å². The van der Waals surface area contributed by atoms with Crippen LogP contribution in [0.15, 0.2) is 52.4 Å². The molecule has 1 N–H and O–H groups in total. The number of fused-ring (bicyclic) bond motifs is 1.